The minimum atomic E-state index is -0.120. The predicted molar refractivity (Wildman–Crippen MR) is 85.9 cm³/mol. The van der Waals surface area contributed by atoms with Crippen molar-refractivity contribution in [1.29, 1.82) is 0 Å². The molecule has 1 heterocycles. The molecule has 0 aliphatic carbocycles. The summed E-state index contributed by atoms with van der Waals surface area (Å²) in [6.45, 7) is 6.35. The van der Waals surface area contributed by atoms with E-state index < -0.39 is 0 Å². The molecule has 0 amide bonds. The van der Waals surface area contributed by atoms with E-state index in [2.05, 4.69) is 58.8 Å². The Hall–Kier alpha value is -1.42. The van der Waals surface area contributed by atoms with Crippen LogP contribution >= 0.6 is 15.9 Å². The number of nitrogens with zero attached hydrogens (tertiary/aromatic N) is 1. The summed E-state index contributed by atoms with van der Waals surface area (Å²) in [7, 11) is 0. The van der Waals surface area contributed by atoms with E-state index in [1.54, 1.807) is 0 Å². The highest BCUT2D eigenvalue weighted by Gasteiger charge is 2.11. The number of nitrogens with one attached hydrogen (secondary N) is 1. The molecule has 0 unspecified atom stereocenters. The fourth-order valence-corrected chi connectivity index (χ4v) is 2.41. The second kappa shape index (κ2) is 6.35. The summed E-state index contributed by atoms with van der Waals surface area (Å²) < 4.78 is 0.542. The van der Waals surface area contributed by atoms with Crippen LogP contribution in [0, 0.1) is 5.92 Å². The van der Waals surface area contributed by atoms with Gasteiger partial charge in [-0.1, -0.05) is 45.0 Å². The lowest BCUT2D eigenvalue weighted by Gasteiger charge is -2.09. The van der Waals surface area contributed by atoms with E-state index in [9.17, 15) is 4.79 Å². The van der Waals surface area contributed by atoms with Crippen LogP contribution in [0.1, 0.15) is 32.0 Å². The number of hydrogen-bond acceptors (Lipinski definition) is 2. The molecule has 0 saturated heterocycles. The van der Waals surface area contributed by atoms with Crippen molar-refractivity contribution < 1.29 is 0 Å². The molecule has 0 aliphatic heterocycles. The first-order valence-corrected chi connectivity index (χ1v) is 7.68. The van der Waals surface area contributed by atoms with Crippen molar-refractivity contribution in [2.45, 2.75) is 33.6 Å². The summed E-state index contributed by atoms with van der Waals surface area (Å²) >= 11 is 3.33. The first-order valence-electron chi connectivity index (χ1n) is 6.89. The number of aryl methyl sites for hydroxylation is 1. The normalized spacial score (nSPS) is 11.1. The summed E-state index contributed by atoms with van der Waals surface area (Å²) in [4.78, 5) is 19.4. The lowest BCUT2D eigenvalue weighted by atomic mass is 10.1. The van der Waals surface area contributed by atoms with Crippen molar-refractivity contribution in [3.05, 3.63) is 50.3 Å². The van der Waals surface area contributed by atoms with E-state index in [0.717, 1.165) is 24.1 Å². The molecule has 0 spiro atoms. The van der Waals surface area contributed by atoms with E-state index in [-0.39, 0.29) is 5.56 Å². The molecule has 0 bridgehead atoms. The van der Waals surface area contributed by atoms with Crippen LogP contribution in [0.15, 0.2) is 33.5 Å². The maximum Gasteiger partial charge on any atom is 0.265 e. The molecule has 1 N–H and O–H groups in total. The van der Waals surface area contributed by atoms with Gasteiger partial charge in [-0.05, 0) is 40.3 Å². The molecule has 1 aromatic heterocycles. The smallest absolute Gasteiger partial charge is 0.265 e. The van der Waals surface area contributed by atoms with E-state index >= 15 is 0 Å². The Morgan fingerprint density at radius 1 is 1.25 bits per heavy atom. The third kappa shape index (κ3) is 3.37. The van der Waals surface area contributed by atoms with Crippen LogP contribution in [-0.2, 0) is 12.8 Å². The monoisotopic (exact) mass is 334 g/mol. The molecular weight excluding hydrogens is 316 g/mol. The molecule has 0 aliphatic rings. The van der Waals surface area contributed by atoms with Gasteiger partial charge in [-0.3, -0.25) is 4.79 Å². The van der Waals surface area contributed by atoms with Crippen LogP contribution in [0.2, 0.25) is 0 Å². The van der Waals surface area contributed by atoms with Crippen LogP contribution in [0.25, 0.3) is 11.4 Å². The van der Waals surface area contributed by atoms with Gasteiger partial charge in [0.25, 0.3) is 5.56 Å². The Balaban J connectivity index is 2.45. The largest absolute Gasteiger partial charge is 0.306 e. The van der Waals surface area contributed by atoms with Gasteiger partial charge in [0.05, 0.1) is 5.69 Å². The number of H-pyrrole nitrogens is 1. The molecule has 1 aromatic carbocycles. The summed E-state index contributed by atoms with van der Waals surface area (Å²) in [6.07, 6.45) is 1.79. The van der Waals surface area contributed by atoms with E-state index in [1.165, 1.54) is 5.56 Å². The van der Waals surface area contributed by atoms with Crippen molar-refractivity contribution >= 4 is 15.9 Å². The first kappa shape index (κ1) is 15.0. The van der Waals surface area contributed by atoms with Gasteiger partial charge >= 0.3 is 0 Å². The molecule has 3 nitrogen and oxygen atoms in total. The number of halogens is 1. The molecule has 106 valence electrons. The second-order valence-corrected chi connectivity index (χ2v) is 6.12. The number of benzene rings is 1. The molecule has 2 aromatic rings. The fourth-order valence-electron chi connectivity index (χ4n) is 2.06. The number of rotatable bonds is 4. The predicted octanol–water partition coefficient (Wildman–Crippen LogP) is 3.96. The van der Waals surface area contributed by atoms with Crippen molar-refractivity contribution in [2.75, 3.05) is 0 Å². The number of hydrogen-bond donors (Lipinski definition) is 1. The standard InChI is InChI=1S/C16H19BrN2O/c1-4-11-5-7-12(8-6-11)15-18-13(9-10(2)3)14(17)16(20)19-15/h5-8,10H,4,9H2,1-3H3,(H,18,19,20). The maximum atomic E-state index is 12.0. The SMILES string of the molecule is CCc1ccc(-c2nc(CC(C)C)c(Br)c(=O)[nH]2)cc1. The summed E-state index contributed by atoms with van der Waals surface area (Å²) in [5, 5.41) is 0. The Kier molecular flexibility index (Phi) is 4.76. The highest BCUT2D eigenvalue weighted by molar-refractivity contribution is 9.10. The average Bonchev–Trinajstić information content (AvgIpc) is 2.43. The molecule has 4 heteroatoms. The Bertz CT molecular complexity index is 645. The van der Waals surface area contributed by atoms with Crippen molar-refractivity contribution in [1.82, 2.24) is 9.97 Å². The minimum absolute atomic E-state index is 0.120. The molecule has 0 atom stereocenters. The zero-order valence-electron chi connectivity index (χ0n) is 12.0. The van der Waals surface area contributed by atoms with E-state index in [0.29, 0.717) is 16.2 Å². The summed E-state index contributed by atoms with van der Waals surface area (Å²) in [6, 6.07) is 8.15. The van der Waals surface area contributed by atoms with Crippen LogP contribution < -0.4 is 5.56 Å². The van der Waals surface area contributed by atoms with Crippen molar-refractivity contribution in [3.8, 4) is 11.4 Å². The zero-order chi connectivity index (χ0) is 14.7. The van der Waals surface area contributed by atoms with Crippen LogP contribution in [0.4, 0.5) is 0 Å². The average molecular weight is 335 g/mol. The molecule has 0 radical (unpaired) electrons. The number of aromatic nitrogens is 2. The lowest BCUT2D eigenvalue weighted by Crippen LogP contribution is -2.15. The lowest BCUT2D eigenvalue weighted by molar-refractivity contribution is 0.631. The second-order valence-electron chi connectivity index (χ2n) is 5.32. The van der Waals surface area contributed by atoms with Gasteiger partial charge in [-0.15, -0.1) is 0 Å². The topological polar surface area (TPSA) is 45.8 Å². The van der Waals surface area contributed by atoms with Gasteiger partial charge in [-0.2, -0.15) is 0 Å². The molecular formula is C16H19BrN2O. The van der Waals surface area contributed by atoms with Gasteiger partial charge in [0.15, 0.2) is 0 Å². The Morgan fingerprint density at radius 2 is 1.90 bits per heavy atom. The fraction of sp³-hybridized carbons (Fsp3) is 0.375. The van der Waals surface area contributed by atoms with E-state index in [1.807, 2.05) is 12.1 Å². The van der Waals surface area contributed by atoms with E-state index in [4.69, 9.17) is 0 Å². The third-order valence-corrected chi connectivity index (χ3v) is 3.99. The van der Waals surface area contributed by atoms with Crippen LogP contribution in [0.5, 0.6) is 0 Å². The van der Waals surface area contributed by atoms with Gasteiger partial charge in [-0.25, -0.2) is 4.98 Å². The summed E-state index contributed by atoms with van der Waals surface area (Å²) in [5.74, 6) is 1.09. The maximum absolute atomic E-state index is 12.0. The molecule has 20 heavy (non-hydrogen) atoms. The highest BCUT2D eigenvalue weighted by Crippen LogP contribution is 2.19. The minimum Gasteiger partial charge on any atom is -0.306 e. The third-order valence-electron chi connectivity index (χ3n) is 3.17. The Morgan fingerprint density at radius 3 is 2.45 bits per heavy atom. The molecule has 0 fully saturated rings. The molecule has 0 saturated carbocycles. The number of aromatic amines is 1. The van der Waals surface area contributed by atoms with Gasteiger partial charge in [0.2, 0.25) is 0 Å². The van der Waals surface area contributed by atoms with Gasteiger partial charge < -0.3 is 4.98 Å². The van der Waals surface area contributed by atoms with Crippen molar-refractivity contribution in [2.24, 2.45) is 5.92 Å². The highest BCUT2D eigenvalue weighted by atomic mass is 79.9. The Labute approximate surface area is 127 Å². The first-order chi connectivity index (χ1) is 9.51. The van der Waals surface area contributed by atoms with Gasteiger partial charge in [0, 0.05) is 5.56 Å². The summed E-state index contributed by atoms with van der Waals surface area (Å²) in [5.41, 5.74) is 2.91. The quantitative estimate of drug-likeness (QED) is 0.919. The zero-order valence-corrected chi connectivity index (χ0v) is 13.6. The van der Waals surface area contributed by atoms with Crippen LogP contribution in [-0.4, -0.2) is 9.97 Å². The van der Waals surface area contributed by atoms with Gasteiger partial charge in [0.1, 0.15) is 10.3 Å². The van der Waals surface area contributed by atoms with Crippen LogP contribution in [0.3, 0.4) is 0 Å². The van der Waals surface area contributed by atoms with Crippen molar-refractivity contribution in [3.63, 3.8) is 0 Å². The molecule has 2 rings (SSSR count).